The first-order chi connectivity index (χ1) is 12.8. The Kier molecular flexibility index (Phi) is 7.32. The fraction of sp³-hybridized carbons (Fsp3) is 0.368. The number of benzene rings is 1. The number of pyridine rings is 1. The molecule has 146 valence electrons. The Labute approximate surface area is 160 Å². The first kappa shape index (κ1) is 20.9. The first-order valence-electron chi connectivity index (χ1n) is 8.70. The van der Waals surface area contributed by atoms with Crippen LogP contribution in [0.5, 0.6) is 5.88 Å². The monoisotopic (exact) mass is 391 g/mol. The standard InChI is InChI=1S/C19H25N3O4S/c1-14(2)27(24,25)21-12-15(3)16-7-9-17(10-8-16)22-18(23)13-26-19-6-4-5-11-20-19/h4-11,14-15,21H,12-13H2,1-3H3,(H,22,23). The predicted octanol–water partition coefficient (Wildman–Crippen LogP) is 2.53. The number of amides is 1. The van der Waals surface area contributed by atoms with E-state index < -0.39 is 15.3 Å². The molecule has 0 saturated heterocycles. The van der Waals surface area contributed by atoms with E-state index in [1.165, 1.54) is 0 Å². The predicted molar refractivity (Wildman–Crippen MR) is 105 cm³/mol. The number of carbonyl (C=O) groups excluding carboxylic acids is 1. The van der Waals surface area contributed by atoms with Crippen LogP contribution < -0.4 is 14.8 Å². The lowest BCUT2D eigenvalue weighted by molar-refractivity contribution is -0.118. The van der Waals surface area contributed by atoms with Gasteiger partial charge in [-0.1, -0.05) is 25.1 Å². The third-order valence-electron chi connectivity index (χ3n) is 3.96. The molecule has 1 aromatic heterocycles. The quantitative estimate of drug-likeness (QED) is 0.685. The molecule has 7 nitrogen and oxygen atoms in total. The molecule has 2 aromatic rings. The average molecular weight is 391 g/mol. The van der Waals surface area contributed by atoms with Gasteiger partial charge in [-0.05, 0) is 43.5 Å². The van der Waals surface area contributed by atoms with Gasteiger partial charge in [0.2, 0.25) is 15.9 Å². The topological polar surface area (TPSA) is 97.4 Å². The molecule has 0 aliphatic carbocycles. The van der Waals surface area contributed by atoms with Gasteiger partial charge < -0.3 is 10.1 Å². The third kappa shape index (κ3) is 6.65. The zero-order valence-electron chi connectivity index (χ0n) is 15.7. The minimum Gasteiger partial charge on any atom is -0.468 e. The Morgan fingerprint density at radius 3 is 2.41 bits per heavy atom. The van der Waals surface area contributed by atoms with E-state index in [0.717, 1.165) is 5.56 Å². The summed E-state index contributed by atoms with van der Waals surface area (Å²) in [5.74, 6) is 0.114. The molecule has 0 spiro atoms. The van der Waals surface area contributed by atoms with Gasteiger partial charge in [-0.15, -0.1) is 0 Å². The highest BCUT2D eigenvalue weighted by Gasteiger charge is 2.17. The fourth-order valence-corrected chi connectivity index (χ4v) is 3.01. The molecule has 0 saturated carbocycles. The maximum atomic E-state index is 11.9. The normalized spacial score (nSPS) is 12.6. The highest BCUT2D eigenvalue weighted by atomic mass is 32.2. The second kappa shape index (κ2) is 9.48. The van der Waals surface area contributed by atoms with Gasteiger partial charge in [0.1, 0.15) is 0 Å². The summed E-state index contributed by atoms with van der Waals surface area (Å²) in [5.41, 5.74) is 1.62. The van der Waals surface area contributed by atoms with Crippen molar-refractivity contribution in [2.75, 3.05) is 18.5 Å². The number of rotatable bonds is 9. The van der Waals surface area contributed by atoms with Crippen LogP contribution in [0, 0.1) is 0 Å². The molecular formula is C19H25N3O4S. The number of ether oxygens (including phenoxy) is 1. The van der Waals surface area contributed by atoms with Crippen LogP contribution in [0.2, 0.25) is 0 Å². The smallest absolute Gasteiger partial charge is 0.262 e. The van der Waals surface area contributed by atoms with Gasteiger partial charge in [-0.25, -0.2) is 18.1 Å². The van der Waals surface area contributed by atoms with E-state index in [9.17, 15) is 13.2 Å². The van der Waals surface area contributed by atoms with Crippen molar-refractivity contribution in [3.05, 3.63) is 54.2 Å². The highest BCUT2D eigenvalue weighted by molar-refractivity contribution is 7.90. The van der Waals surface area contributed by atoms with Crippen LogP contribution in [-0.2, 0) is 14.8 Å². The molecule has 1 aromatic carbocycles. The molecule has 0 aliphatic rings. The molecule has 1 atom stereocenters. The molecule has 2 N–H and O–H groups in total. The van der Waals surface area contributed by atoms with Gasteiger partial charge in [0, 0.05) is 24.5 Å². The van der Waals surface area contributed by atoms with Crippen molar-refractivity contribution < 1.29 is 17.9 Å². The van der Waals surface area contributed by atoms with Crippen molar-refractivity contribution >= 4 is 21.6 Å². The van der Waals surface area contributed by atoms with Crippen LogP contribution in [-0.4, -0.2) is 37.7 Å². The Bertz CT molecular complexity index is 837. The second-order valence-electron chi connectivity index (χ2n) is 6.47. The number of anilines is 1. The summed E-state index contributed by atoms with van der Waals surface area (Å²) in [6.45, 7) is 5.41. The summed E-state index contributed by atoms with van der Waals surface area (Å²) in [7, 11) is -3.28. The van der Waals surface area contributed by atoms with E-state index in [-0.39, 0.29) is 18.4 Å². The molecule has 0 radical (unpaired) electrons. The molecule has 2 rings (SSSR count). The molecule has 27 heavy (non-hydrogen) atoms. The molecule has 1 amide bonds. The summed E-state index contributed by atoms with van der Waals surface area (Å²) in [6.07, 6.45) is 1.59. The van der Waals surface area contributed by atoms with E-state index in [0.29, 0.717) is 18.1 Å². The van der Waals surface area contributed by atoms with E-state index in [4.69, 9.17) is 4.74 Å². The van der Waals surface area contributed by atoms with Crippen molar-refractivity contribution in [1.82, 2.24) is 9.71 Å². The number of nitrogens with zero attached hydrogens (tertiary/aromatic N) is 1. The SMILES string of the molecule is CC(CNS(=O)(=O)C(C)C)c1ccc(NC(=O)COc2ccccn2)cc1. The molecule has 0 aliphatic heterocycles. The van der Waals surface area contributed by atoms with Crippen molar-refractivity contribution in [2.24, 2.45) is 0 Å². The summed E-state index contributed by atoms with van der Waals surface area (Å²) in [5, 5.41) is 2.28. The maximum Gasteiger partial charge on any atom is 0.262 e. The maximum absolute atomic E-state index is 11.9. The molecule has 0 bridgehead atoms. The number of sulfonamides is 1. The van der Waals surface area contributed by atoms with Crippen LogP contribution in [0.4, 0.5) is 5.69 Å². The molecule has 1 heterocycles. The summed E-state index contributed by atoms with van der Waals surface area (Å²) < 4.78 is 31.6. The van der Waals surface area contributed by atoms with Crippen molar-refractivity contribution in [1.29, 1.82) is 0 Å². The Morgan fingerprint density at radius 1 is 1.11 bits per heavy atom. The van der Waals surface area contributed by atoms with E-state index in [1.807, 2.05) is 19.1 Å². The van der Waals surface area contributed by atoms with Crippen LogP contribution in [0.1, 0.15) is 32.3 Å². The lowest BCUT2D eigenvalue weighted by Gasteiger charge is -2.15. The lowest BCUT2D eigenvalue weighted by atomic mass is 10.0. The average Bonchev–Trinajstić information content (AvgIpc) is 2.66. The summed E-state index contributed by atoms with van der Waals surface area (Å²) in [4.78, 5) is 15.9. The lowest BCUT2D eigenvalue weighted by Crippen LogP contribution is -2.33. The Balaban J connectivity index is 1.84. The van der Waals surface area contributed by atoms with Crippen molar-refractivity contribution in [3.8, 4) is 5.88 Å². The number of aromatic nitrogens is 1. The van der Waals surface area contributed by atoms with E-state index in [1.54, 1.807) is 50.4 Å². The minimum absolute atomic E-state index is 0.00997. The zero-order valence-corrected chi connectivity index (χ0v) is 16.5. The van der Waals surface area contributed by atoms with Gasteiger partial charge in [0.05, 0.1) is 5.25 Å². The highest BCUT2D eigenvalue weighted by Crippen LogP contribution is 2.18. The van der Waals surface area contributed by atoms with Gasteiger partial charge in [-0.3, -0.25) is 4.79 Å². The molecular weight excluding hydrogens is 366 g/mol. The summed E-state index contributed by atoms with van der Waals surface area (Å²) >= 11 is 0. The molecule has 8 heteroatoms. The minimum atomic E-state index is -3.28. The van der Waals surface area contributed by atoms with Crippen LogP contribution in [0.25, 0.3) is 0 Å². The number of hydrogen-bond acceptors (Lipinski definition) is 5. The summed E-state index contributed by atoms with van der Waals surface area (Å²) in [6, 6.07) is 12.5. The van der Waals surface area contributed by atoms with Gasteiger partial charge in [-0.2, -0.15) is 0 Å². The van der Waals surface area contributed by atoms with Gasteiger partial charge in [0.25, 0.3) is 5.91 Å². The number of hydrogen-bond donors (Lipinski definition) is 2. The van der Waals surface area contributed by atoms with Crippen LogP contribution in [0.15, 0.2) is 48.7 Å². The Hall–Kier alpha value is -2.45. The largest absolute Gasteiger partial charge is 0.468 e. The number of carbonyl (C=O) groups is 1. The van der Waals surface area contributed by atoms with Gasteiger partial charge in [0.15, 0.2) is 6.61 Å². The van der Waals surface area contributed by atoms with Crippen LogP contribution in [0.3, 0.4) is 0 Å². The van der Waals surface area contributed by atoms with Crippen LogP contribution >= 0.6 is 0 Å². The Morgan fingerprint density at radius 2 is 1.81 bits per heavy atom. The van der Waals surface area contributed by atoms with Gasteiger partial charge >= 0.3 is 0 Å². The van der Waals surface area contributed by atoms with Crippen molar-refractivity contribution in [3.63, 3.8) is 0 Å². The van der Waals surface area contributed by atoms with E-state index >= 15 is 0 Å². The molecule has 1 unspecified atom stereocenters. The third-order valence-corrected chi connectivity index (χ3v) is 5.77. The first-order valence-corrected chi connectivity index (χ1v) is 10.2. The second-order valence-corrected chi connectivity index (χ2v) is 8.79. The molecule has 0 fully saturated rings. The number of nitrogens with one attached hydrogen (secondary N) is 2. The van der Waals surface area contributed by atoms with E-state index in [2.05, 4.69) is 15.0 Å². The van der Waals surface area contributed by atoms with Crippen molar-refractivity contribution in [2.45, 2.75) is 31.9 Å². The fourth-order valence-electron chi connectivity index (χ4n) is 2.19. The zero-order chi connectivity index (χ0) is 19.9.